The van der Waals surface area contributed by atoms with Crippen LogP contribution in [-0.2, 0) is 0 Å². The first-order chi connectivity index (χ1) is 7.97. The lowest BCUT2D eigenvalue weighted by Gasteiger charge is -2.21. The average Bonchev–Trinajstić information content (AvgIpc) is 2.55. The van der Waals surface area contributed by atoms with Gasteiger partial charge in [0.1, 0.15) is 0 Å². The van der Waals surface area contributed by atoms with Gasteiger partial charge in [-0.2, -0.15) is 0 Å². The SMILES string of the molecule is Cc1cc(Br)cc(C(=O)N2CC(C)CC2C)c1. The lowest BCUT2D eigenvalue weighted by Crippen LogP contribution is -2.33. The van der Waals surface area contributed by atoms with Crippen molar-refractivity contribution in [3.63, 3.8) is 0 Å². The number of halogens is 1. The first-order valence-corrected chi connectivity index (χ1v) is 6.85. The Kier molecular flexibility index (Phi) is 3.57. The fraction of sp³-hybridized carbons (Fsp3) is 0.500. The molecular weight excluding hydrogens is 278 g/mol. The third kappa shape index (κ3) is 2.71. The summed E-state index contributed by atoms with van der Waals surface area (Å²) < 4.78 is 0.973. The Morgan fingerprint density at radius 3 is 2.59 bits per heavy atom. The fourth-order valence-electron chi connectivity index (χ4n) is 2.61. The second kappa shape index (κ2) is 4.81. The van der Waals surface area contributed by atoms with Crippen molar-refractivity contribution in [3.8, 4) is 0 Å². The summed E-state index contributed by atoms with van der Waals surface area (Å²) in [5.74, 6) is 0.772. The monoisotopic (exact) mass is 295 g/mol. The maximum atomic E-state index is 12.4. The molecule has 0 saturated carbocycles. The second-order valence-corrected chi connectivity index (χ2v) is 6.08. The van der Waals surface area contributed by atoms with Crippen LogP contribution in [0.25, 0.3) is 0 Å². The molecule has 1 heterocycles. The molecule has 0 N–H and O–H groups in total. The number of carbonyl (C=O) groups is 1. The molecule has 0 bridgehead atoms. The zero-order valence-electron chi connectivity index (χ0n) is 10.5. The third-order valence-corrected chi connectivity index (χ3v) is 3.79. The van der Waals surface area contributed by atoms with Crippen molar-refractivity contribution in [2.24, 2.45) is 5.92 Å². The van der Waals surface area contributed by atoms with Crippen LogP contribution >= 0.6 is 15.9 Å². The molecule has 1 saturated heterocycles. The molecule has 2 atom stereocenters. The minimum Gasteiger partial charge on any atom is -0.336 e. The summed E-state index contributed by atoms with van der Waals surface area (Å²) in [6.45, 7) is 7.23. The van der Waals surface area contributed by atoms with E-state index in [9.17, 15) is 4.79 Å². The van der Waals surface area contributed by atoms with Gasteiger partial charge in [-0.1, -0.05) is 22.9 Å². The number of carbonyl (C=O) groups excluding carboxylic acids is 1. The highest BCUT2D eigenvalue weighted by Crippen LogP contribution is 2.25. The molecule has 1 aliphatic heterocycles. The summed E-state index contributed by atoms with van der Waals surface area (Å²) in [6, 6.07) is 6.25. The van der Waals surface area contributed by atoms with E-state index in [1.807, 2.05) is 30.0 Å². The van der Waals surface area contributed by atoms with Gasteiger partial charge in [-0.15, -0.1) is 0 Å². The number of hydrogen-bond donors (Lipinski definition) is 0. The van der Waals surface area contributed by atoms with E-state index in [1.54, 1.807) is 0 Å². The van der Waals surface area contributed by atoms with Crippen molar-refractivity contribution in [1.82, 2.24) is 4.90 Å². The van der Waals surface area contributed by atoms with Crippen molar-refractivity contribution in [2.45, 2.75) is 33.2 Å². The molecule has 0 spiro atoms. The highest BCUT2D eigenvalue weighted by Gasteiger charge is 2.30. The van der Waals surface area contributed by atoms with Gasteiger partial charge in [-0.3, -0.25) is 4.79 Å². The third-order valence-electron chi connectivity index (χ3n) is 3.33. The number of nitrogens with zero attached hydrogens (tertiary/aromatic N) is 1. The fourth-order valence-corrected chi connectivity index (χ4v) is 3.22. The zero-order chi connectivity index (χ0) is 12.6. The van der Waals surface area contributed by atoms with E-state index in [0.29, 0.717) is 12.0 Å². The number of benzene rings is 1. The largest absolute Gasteiger partial charge is 0.336 e. The number of likely N-dealkylation sites (tertiary alicyclic amines) is 1. The summed E-state index contributed by atoms with van der Waals surface area (Å²) in [6.07, 6.45) is 1.11. The normalized spacial score (nSPS) is 24.1. The molecule has 2 unspecified atom stereocenters. The maximum Gasteiger partial charge on any atom is 0.254 e. The van der Waals surface area contributed by atoms with Crippen LogP contribution in [0.15, 0.2) is 22.7 Å². The van der Waals surface area contributed by atoms with Gasteiger partial charge in [0.15, 0.2) is 0 Å². The quantitative estimate of drug-likeness (QED) is 0.775. The molecule has 0 radical (unpaired) electrons. The summed E-state index contributed by atoms with van der Waals surface area (Å²) in [7, 11) is 0. The molecule has 1 fully saturated rings. The van der Waals surface area contributed by atoms with Crippen LogP contribution in [0, 0.1) is 12.8 Å². The van der Waals surface area contributed by atoms with E-state index in [4.69, 9.17) is 0 Å². The van der Waals surface area contributed by atoms with Crippen LogP contribution in [0.3, 0.4) is 0 Å². The molecule has 2 rings (SSSR count). The summed E-state index contributed by atoms with van der Waals surface area (Å²) in [5.41, 5.74) is 1.90. The Bertz CT molecular complexity index is 424. The number of amides is 1. The molecule has 1 aromatic carbocycles. The smallest absolute Gasteiger partial charge is 0.254 e. The Labute approximate surface area is 111 Å². The lowest BCUT2D eigenvalue weighted by molar-refractivity contribution is 0.0743. The zero-order valence-corrected chi connectivity index (χ0v) is 12.1. The van der Waals surface area contributed by atoms with Crippen molar-refractivity contribution in [1.29, 1.82) is 0 Å². The maximum absolute atomic E-state index is 12.4. The van der Waals surface area contributed by atoms with Gasteiger partial charge < -0.3 is 4.90 Å². The van der Waals surface area contributed by atoms with Gasteiger partial charge in [0, 0.05) is 22.6 Å². The predicted molar refractivity (Wildman–Crippen MR) is 73.2 cm³/mol. The van der Waals surface area contributed by atoms with Crippen LogP contribution in [0.2, 0.25) is 0 Å². The van der Waals surface area contributed by atoms with Gasteiger partial charge in [0.05, 0.1) is 0 Å². The van der Waals surface area contributed by atoms with Crippen molar-refractivity contribution >= 4 is 21.8 Å². The highest BCUT2D eigenvalue weighted by atomic mass is 79.9. The van der Waals surface area contributed by atoms with E-state index in [2.05, 4.69) is 29.8 Å². The molecule has 17 heavy (non-hydrogen) atoms. The summed E-state index contributed by atoms with van der Waals surface area (Å²) in [4.78, 5) is 14.4. The van der Waals surface area contributed by atoms with E-state index >= 15 is 0 Å². The van der Waals surface area contributed by atoms with Crippen molar-refractivity contribution < 1.29 is 4.79 Å². The van der Waals surface area contributed by atoms with Gasteiger partial charge >= 0.3 is 0 Å². The van der Waals surface area contributed by atoms with Crippen LogP contribution in [0.5, 0.6) is 0 Å². The lowest BCUT2D eigenvalue weighted by atomic mass is 10.1. The molecule has 1 aromatic rings. The molecule has 0 aliphatic carbocycles. The number of rotatable bonds is 1. The Morgan fingerprint density at radius 2 is 2.06 bits per heavy atom. The summed E-state index contributed by atoms with van der Waals surface area (Å²) in [5, 5.41) is 0. The molecule has 3 heteroatoms. The molecule has 1 aliphatic rings. The van der Waals surface area contributed by atoms with E-state index < -0.39 is 0 Å². The first kappa shape index (κ1) is 12.6. The standard InChI is InChI=1S/C14H18BrNO/c1-9-5-12(7-13(15)6-9)14(17)16-8-10(2)4-11(16)3/h5-7,10-11H,4,8H2,1-3H3. The van der Waals surface area contributed by atoms with Crippen molar-refractivity contribution in [3.05, 3.63) is 33.8 Å². The van der Waals surface area contributed by atoms with Gasteiger partial charge in [-0.05, 0) is 49.9 Å². The number of aryl methyl sites for hydroxylation is 1. The van der Waals surface area contributed by atoms with Crippen LogP contribution in [0.1, 0.15) is 36.2 Å². The van der Waals surface area contributed by atoms with Crippen LogP contribution in [-0.4, -0.2) is 23.4 Å². The Morgan fingerprint density at radius 1 is 1.35 bits per heavy atom. The van der Waals surface area contributed by atoms with E-state index in [0.717, 1.165) is 28.6 Å². The summed E-state index contributed by atoms with van der Waals surface area (Å²) >= 11 is 3.45. The predicted octanol–water partition coefficient (Wildman–Crippen LogP) is 3.63. The average molecular weight is 296 g/mol. The van der Waals surface area contributed by atoms with Crippen molar-refractivity contribution in [2.75, 3.05) is 6.54 Å². The van der Waals surface area contributed by atoms with Gasteiger partial charge in [0.25, 0.3) is 5.91 Å². The first-order valence-electron chi connectivity index (χ1n) is 6.05. The van der Waals surface area contributed by atoms with Crippen LogP contribution in [0.4, 0.5) is 0 Å². The van der Waals surface area contributed by atoms with Gasteiger partial charge in [0.2, 0.25) is 0 Å². The van der Waals surface area contributed by atoms with Crippen LogP contribution < -0.4 is 0 Å². The van der Waals surface area contributed by atoms with Gasteiger partial charge in [-0.25, -0.2) is 0 Å². The van der Waals surface area contributed by atoms with E-state index in [1.165, 1.54) is 0 Å². The molecule has 1 amide bonds. The molecular formula is C14H18BrNO. The minimum atomic E-state index is 0.159. The number of hydrogen-bond acceptors (Lipinski definition) is 1. The van der Waals surface area contributed by atoms with E-state index in [-0.39, 0.29) is 5.91 Å². The topological polar surface area (TPSA) is 20.3 Å². The molecule has 92 valence electrons. The Balaban J connectivity index is 2.25. The molecule has 0 aromatic heterocycles. The highest BCUT2D eigenvalue weighted by molar-refractivity contribution is 9.10. The molecule has 2 nitrogen and oxygen atoms in total. The Hall–Kier alpha value is -0.830. The minimum absolute atomic E-state index is 0.159. The second-order valence-electron chi connectivity index (χ2n) is 5.16.